The van der Waals surface area contributed by atoms with Gasteiger partial charge in [0, 0.05) is 10.4 Å². The van der Waals surface area contributed by atoms with Crippen molar-refractivity contribution in [1.82, 2.24) is 4.98 Å². The first-order valence-corrected chi connectivity index (χ1v) is 9.45. The minimum atomic E-state index is -0.333. The van der Waals surface area contributed by atoms with Crippen molar-refractivity contribution in [2.75, 3.05) is 26.6 Å². The average Bonchev–Trinajstić information content (AvgIpc) is 3.06. The Labute approximate surface area is 168 Å². The molecule has 0 fully saturated rings. The Balaban J connectivity index is 1.90. The van der Waals surface area contributed by atoms with Crippen LogP contribution in [0.5, 0.6) is 17.2 Å². The first kappa shape index (κ1) is 19.7. The predicted molar refractivity (Wildman–Crippen MR) is 111 cm³/mol. The van der Waals surface area contributed by atoms with Crippen molar-refractivity contribution < 1.29 is 19.0 Å². The Morgan fingerprint density at radius 3 is 2.18 bits per heavy atom. The van der Waals surface area contributed by atoms with Gasteiger partial charge >= 0.3 is 0 Å². The number of nitrogens with one attached hydrogen (secondary N) is 1. The van der Waals surface area contributed by atoms with Gasteiger partial charge in [-0.25, -0.2) is 4.98 Å². The van der Waals surface area contributed by atoms with Crippen molar-refractivity contribution in [2.45, 2.75) is 13.8 Å². The van der Waals surface area contributed by atoms with Crippen LogP contribution in [0.15, 0.2) is 36.4 Å². The molecule has 0 aliphatic rings. The lowest BCUT2D eigenvalue weighted by Crippen LogP contribution is -2.14. The third-order valence-corrected chi connectivity index (χ3v) is 5.23. The summed E-state index contributed by atoms with van der Waals surface area (Å²) in [6.45, 7) is 3.96. The highest BCUT2D eigenvalue weighted by atomic mass is 32.1. The number of hydrogen-bond acceptors (Lipinski definition) is 6. The largest absolute Gasteiger partial charge is 0.496 e. The van der Waals surface area contributed by atoms with Crippen molar-refractivity contribution in [1.29, 1.82) is 0 Å². The van der Waals surface area contributed by atoms with E-state index in [1.54, 1.807) is 25.3 Å². The van der Waals surface area contributed by atoms with E-state index in [0.717, 1.165) is 27.4 Å². The van der Waals surface area contributed by atoms with Gasteiger partial charge in [0.25, 0.3) is 5.91 Å². The van der Waals surface area contributed by atoms with E-state index in [-0.39, 0.29) is 5.91 Å². The number of aryl methyl sites for hydroxylation is 2. The smallest absolute Gasteiger partial charge is 0.265 e. The molecule has 0 atom stereocenters. The highest BCUT2D eigenvalue weighted by molar-refractivity contribution is 7.16. The summed E-state index contributed by atoms with van der Waals surface area (Å²) in [4.78, 5) is 18.5. The van der Waals surface area contributed by atoms with Gasteiger partial charge in [-0.05, 0) is 49.7 Å². The minimum Gasteiger partial charge on any atom is -0.496 e. The maximum Gasteiger partial charge on any atom is 0.265 e. The number of methoxy groups -OCH3 is 3. The molecule has 1 heterocycles. The molecule has 2 aromatic carbocycles. The Hall–Kier alpha value is -3.06. The Kier molecular flexibility index (Phi) is 5.84. The summed E-state index contributed by atoms with van der Waals surface area (Å²) in [6, 6.07) is 11.1. The van der Waals surface area contributed by atoms with Crippen LogP contribution in [0, 0.1) is 13.8 Å². The summed E-state index contributed by atoms with van der Waals surface area (Å²) < 4.78 is 15.9. The number of ether oxygens (including phenoxy) is 3. The zero-order valence-corrected chi connectivity index (χ0v) is 17.3. The average molecular weight is 398 g/mol. The van der Waals surface area contributed by atoms with Crippen LogP contribution in [-0.4, -0.2) is 32.2 Å². The summed E-state index contributed by atoms with van der Waals surface area (Å²) in [5.74, 6) is 1.38. The molecule has 0 spiro atoms. The lowest BCUT2D eigenvalue weighted by Gasteiger charge is -2.11. The normalized spacial score (nSPS) is 10.5. The van der Waals surface area contributed by atoms with E-state index in [2.05, 4.69) is 10.3 Å². The molecule has 1 amide bonds. The van der Waals surface area contributed by atoms with Gasteiger partial charge < -0.3 is 14.2 Å². The number of benzene rings is 2. The molecule has 0 aliphatic heterocycles. The Morgan fingerprint density at radius 1 is 0.964 bits per heavy atom. The van der Waals surface area contributed by atoms with Crippen LogP contribution in [0.1, 0.15) is 20.8 Å². The molecule has 0 bridgehead atoms. The van der Waals surface area contributed by atoms with Crippen molar-refractivity contribution in [3.63, 3.8) is 0 Å². The summed E-state index contributed by atoms with van der Waals surface area (Å²) in [5, 5.41) is 3.37. The molecule has 0 saturated heterocycles. The number of hydrogen-bond donors (Lipinski definition) is 1. The molecule has 7 heteroatoms. The minimum absolute atomic E-state index is 0.333. The van der Waals surface area contributed by atoms with Crippen LogP contribution in [-0.2, 0) is 0 Å². The number of amides is 1. The molecule has 6 nitrogen and oxygen atoms in total. The van der Waals surface area contributed by atoms with E-state index in [4.69, 9.17) is 14.2 Å². The third kappa shape index (κ3) is 3.80. The van der Waals surface area contributed by atoms with Gasteiger partial charge in [0.1, 0.15) is 22.8 Å². The molecule has 3 rings (SSSR count). The highest BCUT2D eigenvalue weighted by Crippen LogP contribution is 2.34. The lowest BCUT2D eigenvalue weighted by atomic mass is 10.1. The summed E-state index contributed by atoms with van der Waals surface area (Å²) in [6.07, 6.45) is 0. The molecular formula is C21H22N2O4S. The highest BCUT2D eigenvalue weighted by Gasteiger charge is 2.20. The quantitative estimate of drug-likeness (QED) is 0.651. The van der Waals surface area contributed by atoms with E-state index in [9.17, 15) is 4.79 Å². The predicted octanol–water partition coefficient (Wildman–Crippen LogP) is 4.71. The first-order valence-electron chi connectivity index (χ1n) is 8.63. The summed E-state index contributed by atoms with van der Waals surface area (Å²) in [5.41, 5.74) is 3.17. The second-order valence-corrected chi connectivity index (χ2v) is 7.30. The van der Waals surface area contributed by atoms with Gasteiger partial charge in [-0.1, -0.05) is 6.07 Å². The molecule has 0 aliphatic carbocycles. The Morgan fingerprint density at radius 2 is 1.61 bits per heavy atom. The second-order valence-electron chi connectivity index (χ2n) is 6.10. The standard InChI is InChI=1S/C21H22N2O4S/c1-12-11-14(9-10-15(12)25-3)19-13(2)28-21(22-19)23-20(24)18-16(26-4)7-6-8-17(18)27-5/h6-11H,1-5H3,(H,22,23,24). The molecule has 1 N–H and O–H groups in total. The van der Waals surface area contributed by atoms with Crippen molar-refractivity contribution in [3.05, 3.63) is 52.4 Å². The fraction of sp³-hybridized carbons (Fsp3) is 0.238. The van der Waals surface area contributed by atoms with Crippen LogP contribution in [0.4, 0.5) is 5.13 Å². The van der Waals surface area contributed by atoms with Crippen molar-refractivity contribution in [2.24, 2.45) is 0 Å². The second kappa shape index (κ2) is 8.31. The summed E-state index contributed by atoms with van der Waals surface area (Å²) >= 11 is 1.42. The van der Waals surface area contributed by atoms with Crippen molar-refractivity contribution >= 4 is 22.4 Å². The molecule has 0 saturated carbocycles. The number of thiazole rings is 1. The number of rotatable bonds is 6. The van der Waals surface area contributed by atoms with Gasteiger partial charge in [0.15, 0.2) is 5.13 Å². The zero-order chi connectivity index (χ0) is 20.3. The number of carbonyl (C=O) groups is 1. The first-order chi connectivity index (χ1) is 13.5. The molecule has 0 radical (unpaired) electrons. The number of aromatic nitrogens is 1. The Bertz CT molecular complexity index is 991. The van der Waals surface area contributed by atoms with Crippen molar-refractivity contribution in [3.8, 4) is 28.5 Å². The van der Waals surface area contributed by atoms with Gasteiger partial charge in [0.05, 0.1) is 27.0 Å². The number of nitrogens with zero attached hydrogens (tertiary/aromatic N) is 1. The zero-order valence-electron chi connectivity index (χ0n) is 16.5. The number of anilines is 1. The van der Waals surface area contributed by atoms with Gasteiger partial charge in [0.2, 0.25) is 0 Å². The number of carbonyl (C=O) groups excluding carboxylic acids is 1. The topological polar surface area (TPSA) is 69.7 Å². The van der Waals surface area contributed by atoms with Crippen LogP contribution in [0.3, 0.4) is 0 Å². The van der Waals surface area contributed by atoms with Gasteiger partial charge in [-0.2, -0.15) is 0 Å². The molecule has 28 heavy (non-hydrogen) atoms. The molecular weight excluding hydrogens is 376 g/mol. The maximum absolute atomic E-state index is 12.8. The lowest BCUT2D eigenvalue weighted by molar-refractivity contribution is 0.102. The van der Waals surface area contributed by atoms with Crippen LogP contribution >= 0.6 is 11.3 Å². The van der Waals surface area contributed by atoms with E-state index in [0.29, 0.717) is 22.2 Å². The van der Waals surface area contributed by atoms with Gasteiger partial charge in [-0.3, -0.25) is 10.1 Å². The fourth-order valence-corrected chi connectivity index (χ4v) is 3.81. The van der Waals surface area contributed by atoms with E-state index >= 15 is 0 Å². The van der Waals surface area contributed by atoms with Crippen LogP contribution < -0.4 is 19.5 Å². The van der Waals surface area contributed by atoms with Gasteiger partial charge in [-0.15, -0.1) is 11.3 Å². The maximum atomic E-state index is 12.8. The fourth-order valence-electron chi connectivity index (χ4n) is 2.98. The van der Waals surface area contributed by atoms with E-state index in [1.165, 1.54) is 25.6 Å². The molecule has 146 valence electrons. The SMILES string of the molecule is COc1ccc(-c2nc(NC(=O)c3c(OC)cccc3OC)sc2C)cc1C. The molecule has 1 aromatic heterocycles. The van der Waals surface area contributed by atoms with Crippen LogP contribution in [0.2, 0.25) is 0 Å². The monoisotopic (exact) mass is 398 g/mol. The molecule has 0 unspecified atom stereocenters. The van der Waals surface area contributed by atoms with E-state index in [1.807, 2.05) is 32.0 Å². The molecule has 3 aromatic rings. The summed E-state index contributed by atoms with van der Waals surface area (Å²) in [7, 11) is 4.68. The van der Waals surface area contributed by atoms with E-state index < -0.39 is 0 Å². The third-order valence-electron chi connectivity index (χ3n) is 4.34. The van der Waals surface area contributed by atoms with Crippen LogP contribution in [0.25, 0.3) is 11.3 Å².